The van der Waals surface area contributed by atoms with Gasteiger partial charge in [0.25, 0.3) is 0 Å². The molecule has 4 nitrogen and oxygen atoms in total. The summed E-state index contributed by atoms with van der Waals surface area (Å²) in [6.07, 6.45) is 2.23. The minimum Gasteiger partial charge on any atom is -0.460 e. The molecule has 1 aliphatic carbocycles. The molecule has 0 spiro atoms. The second-order valence-corrected chi connectivity index (χ2v) is 4.57. The van der Waals surface area contributed by atoms with Crippen LogP contribution in [0.1, 0.15) is 18.4 Å². The lowest BCUT2D eigenvalue weighted by molar-refractivity contribution is -0.146. The maximum absolute atomic E-state index is 11.7. The molecule has 4 heteroatoms. The Morgan fingerprint density at radius 3 is 2.67 bits per heavy atom. The number of carbonyl (C=O) groups excluding carboxylic acids is 1. The molecule has 0 unspecified atom stereocenters. The monoisotopic (exact) mass is 249 g/mol. The number of benzene rings is 1. The molecular formula is C14H19NO3. The highest BCUT2D eigenvalue weighted by atomic mass is 16.5. The summed E-state index contributed by atoms with van der Waals surface area (Å²) in [6.45, 7) is 1.23. The van der Waals surface area contributed by atoms with Crippen LogP contribution >= 0.6 is 0 Å². The van der Waals surface area contributed by atoms with E-state index in [2.05, 4.69) is 0 Å². The first kappa shape index (κ1) is 13.1. The van der Waals surface area contributed by atoms with Gasteiger partial charge >= 0.3 is 5.97 Å². The van der Waals surface area contributed by atoms with Crippen molar-refractivity contribution in [3.8, 4) is 0 Å². The normalized spacial score (nSPS) is 14.8. The SMILES string of the molecule is O=C(CN(CCO)C1CC1)OCc1ccccc1. The molecule has 1 saturated carbocycles. The highest BCUT2D eigenvalue weighted by Crippen LogP contribution is 2.26. The largest absolute Gasteiger partial charge is 0.460 e. The van der Waals surface area contributed by atoms with Crippen LogP contribution in [0.25, 0.3) is 0 Å². The van der Waals surface area contributed by atoms with Crippen LogP contribution in [0, 0.1) is 0 Å². The van der Waals surface area contributed by atoms with Crippen molar-refractivity contribution in [2.24, 2.45) is 0 Å². The van der Waals surface area contributed by atoms with Crippen molar-refractivity contribution in [3.63, 3.8) is 0 Å². The fraction of sp³-hybridized carbons (Fsp3) is 0.500. The van der Waals surface area contributed by atoms with Crippen LogP contribution in [-0.2, 0) is 16.1 Å². The van der Waals surface area contributed by atoms with Gasteiger partial charge in [0.15, 0.2) is 0 Å². The fourth-order valence-corrected chi connectivity index (χ4v) is 1.91. The van der Waals surface area contributed by atoms with E-state index in [0.29, 0.717) is 19.2 Å². The van der Waals surface area contributed by atoms with Crippen molar-refractivity contribution < 1.29 is 14.6 Å². The van der Waals surface area contributed by atoms with Gasteiger partial charge in [-0.2, -0.15) is 0 Å². The molecule has 0 radical (unpaired) electrons. The second kappa shape index (κ2) is 6.52. The molecule has 0 bridgehead atoms. The van der Waals surface area contributed by atoms with Crippen LogP contribution < -0.4 is 0 Å². The summed E-state index contributed by atoms with van der Waals surface area (Å²) in [5, 5.41) is 8.94. The zero-order chi connectivity index (χ0) is 12.8. The summed E-state index contributed by atoms with van der Waals surface area (Å²) in [5.41, 5.74) is 0.992. The number of esters is 1. The standard InChI is InChI=1S/C14H19NO3/c16-9-8-15(13-6-7-13)10-14(17)18-11-12-4-2-1-3-5-12/h1-5,13,16H,6-11H2. The Bertz CT molecular complexity index is 376. The van der Waals surface area contributed by atoms with Crippen molar-refractivity contribution >= 4 is 5.97 Å². The highest BCUT2D eigenvalue weighted by Gasteiger charge is 2.30. The predicted molar refractivity (Wildman–Crippen MR) is 67.9 cm³/mol. The molecule has 1 aromatic rings. The first-order valence-corrected chi connectivity index (χ1v) is 6.34. The van der Waals surface area contributed by atoms with E-state index in [1.807, 2.05) is 35.2 Å². The number of rotatable bonds is 7. The van der Waals surface area contributed by atoms with Crippen LogP contribution in [0.2, 0.25) is 0 Å². The smallest absolute Gasteiger partial charge is 0.320 e. The number of aliphatic hydroxyl groups excluding tert-OH is 1. The minimum absolute atomic E-state index is 0.0858. The van der Waals surface area contributed by atoms with Crippen LogP contribution in [-0.4, -0.2) is 41.7 Å². The number of aliphatic hydroxyl groups is 1. The summed E-state index contributed by atoms with van der Waals surface area (Å²) in [7, 11) is 0. The van der Waals surface area contributed by atoms with E-state index < -0.39 is 0 Å². The average molecular weight is 249 g/mol. The first-order valence-electron chi connectivity index (χ1n) is 6.34. The number of ether oxygens (including phenoxy) is 1. The molecule has 98 valence electrons. The van der Waals surface area contributed by atoms with E-state index in [0.717, 1.165) is 18.4 Å². The quantitative estimate of drug-likeness (QED) is 0.737. The Morgan fingerprint density at radius 2 is 2.06 bits per heavy atom. The van der Waals surface area contributed by atoms with Gasteiger partial charge in [-0.05, 0) is 18.4 Å². The third-order valence-electron chi connectivity index (χ3n) is 3.03. The summed E-state index contributed by atoms with van der Waals surface area (Å²) in [5.74, 6) is -0.223. The lowest BCUT2D eigenvalue weighted by atomic mass is 10.2. The van der Waals surface area contributed by atoms with Crippen molar-refractivity contribution in [3.05, 3.63) is 35.9 Å². The summed E-state index contributed by atoms with van der Waals surface area (Å²) in [4.78, 5) is 13.7. The summed E-state index contributed by atoms with van der Waals surface area (Å²) < 4.78 is 5.22. The van der Waals surface area contributed by atoms with Crippen LogP contribution in [0.4, 0.5) is 0 Å². The van der Waals surface area contributed by atoms with Gasteiger partial charge in [-0.25, -0.2) is 0 Å². The number of hydrogen-bond acceptors (Lipinski definition) is 4. The van der Waals surface area contributed by atoms with Crippen molar-refractivity contribution in [1.82, 2.24) is 4.90 Å². The van der Waals surface area contributed by atoms with E-state index in [9.17, 15) is 4.79 Å². The molecule has 0 aromatic heterocycles. The average Bonchev–Trinajstić information content (AvgIpc) is 3.21. The maximum atomic E-state index is 11.7. The number of nitrogens with zero attached hydrogens (tertiary/aromatic N) is 1. The van der Waals surface area contributed by atoms with Crippen LogP contribution in [0.15, 0.2) is 30.3 Å². The predicted octanol–water partition coefficient (Wildman–Crippen LogP) is 1.19. The second-order valence-electron chi connectivity index (χ2n) is 4.57. The van der Waals surface area contributed by atoms with Gasteiger partial charge in [0.2, 0.25) is 0 Å². The molecule has 0 amide bonds. The number of carbonyl (C=O) groups is 1. The molecule has 1 fully saturated rings. The maximum Gasteiger partial charge on any atom is 0.320 e. The van der Waals surface area contributed by atoms with Crippen molar-refractivity contribution in [1.29, 1.82) is 0 Å². The molecule has 1 aromatic carbocycles. The van der Waals surface area contributed by atoms with Crippen molar-refractivity contribution in [2.45, 2.75) is 25.5 Å². The lowest BCUT2D eigenvalue weighted by Gasteiger charge is -2.19. The lowest BCUT2D eigenvalue weighted by Crippen LogP contribution is -2.35. The number of hydrogen-bond donors (Lipinski definition) is 1. The molecule has 1 N–H and O–H groups in total. The first-order chi connectivity index (χ1) is 8.79. The van der Waals surface area contributed by atoms with Crippen LogP contribution in [0.5, 0.6) is 0 Å². The van der Waals surface area contributed by atoms with Crippen molar-refractivity contribution in [2.75, 3.05) is 19.7 Å². The van der Waals surface area contributed by atoms with Gasteiger partial charge in [-0.1, -0.05) is 30.3 Å². The van der Waals surface area contributed by atoms with Gasteiger partial charge in [0.1, 0.15) is 6.61 Å². The Hall–Kier alpha value is -1.39. The Balaban J connectivity index is 1.74. The van der Waals surface area contributed by atoms with Gasteiger partial charge in [-0.15, -0.1) is 0 Å². The van der Waals surface area contributed by atoms with Gasteiger partial charge in [-0.3, -0.25) is 9.69 Å². The van der Waals surface area contributed by atoms with E-state index in [4.69, 9.17) is 9.84 Å². The molecule has 0 heterocycles. The van der Waals surface area contributed by atoms with E-state index in [1.54, 1.807) is 0 Å². The Kier molecular flexibility index (Phi) is 4.73. The van der Waals surface area contributed by atoms with Gasteiger partial charge < -0.3 is 9.84 Å². The molecule has 1 aliphatic rings. The van der Waals surface area contributed by atoms with E-state index in [-0.39, 0.29) is 19.1 Å². The molecule has 0 atom stereocenters. The van der Waals surface area contributed by atoms with E-state index >= 15 is 0 Å². The zero-order valence-corrected chi connectivity index (χ0v) is 10.4. The topological polar surface area (TPSA) is 49.8 Å². The fourth-order valence-electron chi connectivity index (χ4n) is 1.91. The molecule has 2 rings (SSSR count). The van der Waals surface area contributed by atoms with Crippen LogP contribution in [0.3, 0.4) is 0 Å². The highest BCUT2D eigenvalue weighted by molar-refractivity contribution is 5.71. The third kappa shape index (κ3) is 4.13. The summed E-state index contributed by atoms with van der Waals surface area (Å²) in [6, 6.07) is 10.1. The molecule has 0 aliphatic heterocycles. The molecule has 18 heavy (non-hydrogen) atoms. The van der Waals surface area contributed by atoms with Gasteiger partial charge in [0, 0.05) is 12.6 Å². The summed E-state index contributed by atoms with van der Waals surface area (Å²) >= 11 is 0. The molecule has 0 saturated heterocycles. The zero-order valence-electron chi connectivity index (χ0n) is 10.4. The van der Waals surface area contributed by atoms with Gasteiger partial charge in [0.05, 0.1) is 13.2 Å². The Labute approximate surface area is 107 Å². The molecular weight excluding hydrogens is 230 g/mol. The minimum atomic E-state index is -0.223. The Morgan fingerprint density at radius 1 is 1.33 bits per heavy atom. The third-order valence-corrected chi connectivity index (χ3v) is 3.03. The van der Waals surface area contributed by atoms with E-state index in [1.165, 1.54) is 0 Å².